The monoisotopic (exact) mass is 580 g/mol. The van der Waals surface area contributed by atoms with Gasteiger partial charge in [0.05, 0.1) is 21.5 Å². The molecule has 4 aliphatic carbocycles. The molecule has 3 saturated carbocycles. The molecule has 8 heteroatoms. The molecule has 5 rings (SSSR count). The Balaban J connectivity index is 1.27. The van der Waals surface area contributed by atoms with E-state index in [1.54, 1.807) is 0 Å². The van der Waals surface area contributed by atoms with Crippen LogP contribution in [-0.4, -0.2) is 21.9 Å². The van der Waals surface area contributed by atoms with Gasteiger partial charge < -0.3 is 4.74 Å². The van der Waals surface area contributed by atoms with Gasteiger partial charge in [0, 0.05) is 18.6 Å². The molecule has 0 aliphatic heterocycles. The van der Waals surface area contributed by atoms with Crippen molar-refractivity contribution in [3.63, 3.8) is 0 Å². The Bertz CT molecular complexity index is 1230. The highest BCUT2D eigenvalue weighted by Crippen LogP contribution is 2.67. The lowest BCUT2D eigenvalue weighted by Crippen LogP contribution is -2.51. The lowest BCUT2D eigenvalue weighted by Gasteiger charge is -2.58. The Morgan fingerprint density at radius 1 is 0.952 bits per heavy atom. The van der Waals surface area contributed by atoms with Gasteiger partial charge in [-0.15, -0.1) is 0 Å². The van der Waals surface area contributed by atoms with Gasteiger partial charge in [0.1, 0.15) is 6.10 Å². The lowest BCUT2D eigenvalue weighted by molar-refractivity contribution is -0.394. The van der Waals surface area contributed by atoms with Crippen LogP contribution in [0.15, 0.2) is 29.8 Å². The van der Waals surface area contributed by atoms with Crippen LogP contribution in [0.1, 0.15) is 116 Å². The van der Waals surface area contributed by atoms with Crippen LogP contribution in [0.2, 0.25) is 0 Å². The first kappa shape index (κ1) is 30.7. The highest BCUT2D eigenvalue weighted by atomic mass is 16.6. The fourth-order valence-electron chi connectivity index (χ4n) is 9.90. The maximum Gasteiger partial charge on any atom is 0.338 e. The third-order valence-corrected chi connectivity index (χ3v) is 12.1. The van der Waals surface area contributed by atoms with E-state index in [-0.39, 0.29) is 17.1 Å². The summed E-state index contributed by atoms with van der Waals surface area (Å²) in [4.78, 5) is 34.1. The molecule has 0 heterocycles. The Kier molecular flexibility index (Phi) is 8.56. The first-order chi connectivity index (χ1) is 19.8. The Hall–Kier alpha value is -2.77. The first-order valence-electron chi connectivity index (χ1n) is 16.2. The number of carbonyl (C=O) groups is 1. The molecule has 3 fully saturated rings. The summed E-state index contributed by atoms with van der Waals surface area (Å²) < 4.78 is 5.82. The molecule has 0 aromatic heterocycles. The summed E-state index contributed by atoms with van der Waals surface area (Å²) in [6.07, 6.45) is 14.9. The van der Waals surface area contributed by atoms with Crippen LogP contribution in [0.5, 0.6) is 0 Å². The van der Waals surface area contributed by atoms with E-state index >= 15 is 0 Å². The fraction of sp³-hybridized carbons (Fsp3) is 0.735. The molecule has 0 unspecified atom stereocenters. The SMILES string of the molecule is CC(C)CCC[C@H](C)[C@H]1CC[C@H]2[C@@H]3CC=C4C[C@H](OC(=O)c5cc([N+](=O)[O-])cc([N+](=O)[O-])c5)CC[C@]4(C)[C@H]3CC[C@]12C. The second-order valence-corrected chi connectivity index (χ2v) is 14.8. The molecule has 0 radical (unpaired) electrons. The summed E-state index contributed by atoms with van der Waals surface area (Å²) in [5, 5.41) is 22.6. The van der Waals surface area contributed by atoms with Crippen molar-refractivity contribution in [1.82, 2.24) is 0 Å². The quantitative estimate of drug-likeness (QED) is 0.125. The summed E-state index contributed by atoms with van der Waals surface area (Å²) in [7, 11) is 0. The Morgan fingerprint density at radius 3 is 2.29 bits per heavy atom. The average Bonchev–Trinajstić information content (AvgIpc) is 3.30. The van der Waals surface area contributed by atoms with Gasteiger partial charge in [-0.1, -0.05) is 65.5 Å². The minimum atomic E-state index is -0.738. The van der Waals surface area contributed by atoms with Gasteiger partial charge in [-0.3, -0.25) is 20.2 Å². The van der Waals surface area contributed by atoms with Crippen molar-refractivity contribution in [2.24, 2.45) is 46.3 Å². The number of carbonyl (C=O) groups excluding carboxylic acids is 1. The molecular weight excluding hydrogens is 532 g/mol. The molecule has 230 valence electrons. The van der Waals surface area contributed by atoms with E-state index in [0.717, 1.165) is 67.1 Å². The van der Waals surface area contributed by atoms with E-state index in [4.69, 9.17) is 4.74 Å². The molecule has 1 aromatic rings. The number of benzene rings is 1. The van der Waals surface area contributed by atoms with Crippen LogP contribution >= 0.6 is 0 Å². The Labute approximate surface area is 250 Å². The molecule has 42 heavy (non-hydrogen) atoms. The predicted octanol–water partition coefficient (Wildman–Crippen LogP) is 9.07. The van der Waals surface area contributed by atoms with Gasteiger partial charge in [-0.25, -0.2) is 4.79 Å². The third-order valence-electron chi connectivity index (χ3n) is 12.1. The van der Waals surface area contributed by atoms with Gasteiger partial charge in [-0.2, -0.15) is 0 Å². The number of allylic oxidation sites excluding steroid dienone is 1. The van der Waals surface area contributed by atoms with E-state index < -0.39 is 27.2 Å². The second kappa shape index (κ2) is 11.7. The highest BCUT2D eigenvalue weighted by molar-refractivity contribution is 5.91. The van der Waals surface area contributed by atoms with Crippen molar-refractivity contribution in [2.45, 2.75) is 111 Å². The number of fused-ring (bicyclic) bond motifs is 5. The van der Waals surface area contributed by atoms with Crippen LogP contribution in [0.4, 0.5) is 11.4 Å². The van der Waals surface area contributed by atoms with Crippen LogP contribution in [0.25, 0.3) is 0 Å². The first-order valence-corrected chi connectivity index (χ1v) is 16.2. The van der Waals surface area contributed by atoms with Crippen molar-refractivity contribution >= 4 is 17.3 Å². The number of nitrogens with zero attached hydrogens (tertiary/aromatic N) is 2. The number of non-ortho nitro benzene ring substituents is 2. The zero-order valence-electron chi connectivity index (χ0n) is 26.0. The maximum absolute atomic E-state index is 13.0. The standard InChI is InChI=1S/C34H48N2O6/c1-21(2)7-6-8-22(3)29-11-12-30-28-10-9-24-19-27(13-15-33(24,4)31(28)14-16-34(29,30)5)42-32(37)23-17-25(35(38)39)20-26(18-23)36(40)41/h9,17-18,20-22,27-31H,6-8,10-16,19H2,1-5H3/t22-,27+,28-,29+,30-,31-,33-,34+/m0/s1. The maximum atomic E-state index is 13.0. The third kappa shape index (κ3) is 5.62. The van der Waals surface area contributed by atoms with E-state index in [1.165, 1.54) is 50.5 Å². The zero-order valence-corrected chi connectivity index (χ0v) is 26.0. The van der Waals surface area contributed by atoms with Crippen molar-refractivity contribution in [3.05, 3.63) is 55.6 Å². The van der Waals surface area contributed by atoms with Crippen molar-refractivity contribution < 1.29 is 19.4 Å². The molecule has 4 aliphatic rings. The molecular formula is C34H48N2O6. The van der Waals surface area contributed by atoms with Gasteiger partial charge in [0.15, 0.2) is 0 Å². The van der Waals surface area contributed by atoms with Crippen molar-refractivity contribution in [3.8, 4) is 0 Å². The number of nitro benzene ring substituents is 2. The summed E-state index contributed by atoms with van der Waals surface area (Å²) in [5.41, 5.74) is 0.806. The number of hydrogen-bond donors (Lipinski definition) is 0. The number of hydrogen-bond acceptors (Lipinski definition) is 6. The zero-order chi connectivity index (χ0) is 30.4. The molecule has 0 N–H and O–H groups in total. The minimum Gasteiger partial charge on any atom is -0.458 e. The van der Waals surface area contributed by atoms with Crippen molar-refractivity contribution in [1.29, 1.82) is 0 Å². The van der Waals surface area contributed by atoms with E-state index in [1.807, 2.05) is 0 Å². The normalized spacial score (nSPS) is 34.5. The summed E-state index contributed by atoms with van der Waals surface area (Å²) in [6, 6.07) is 2.99. The Morgan fingerprint density at radius 2 is 1.64 bits per heavy atom. The largest absolute Gasteiger partial charge is 0.458 e. The summed E-state index contributed by atoms with van der Waals surface area (Å²) in [5.74, 6) is 3.81. The smallest absolute Gasteiger partial charge is 0.338 e. The lowest BCUT2D eigenvalue weighted by atomic mass is 9.47. The second-order valence-electron chi connectivity index (χ2n) is 14.8. The van der Waals surface area contributed by atoms with Gasteiger partial charge in [-0.05, 0) is 91.3 Å². The van der Waals surface area contributed by atoms with Gasteiger partial charge >= 0.3 is 5.97 Å². The summed E-state index contributed by atoms with van der Waals surface area (Å²) in [6.45, 7) is 12.2. The number of ether oxygens (including phenoxy) is 1. The summed E-state index contributed by atoms with van der Waals surface area (Å²) >= 11 is 0. The van der Waals surface area contributed by atoms with Gasteiger partial charge in [0.2, 0.25) is 0 Å². The van der Waals surface area contributed by atoms with E-state index in [0.29, 0.717) is 17.8 Å². The molecule has 0 saturated heterocycles. The molecule has 8 atom stereocenters. The molecule has 0 bridgehead atoms. The predicted molar refractivity (Wildman–Crippen MR) is 162 cm³/mol. The van der Waals surface area contributed by atoms with Gasteiger partial charge in [0.25, 0.3) is 11.4 Å². The molecule has 0 spiro atoms. The van der Waals surface area contributed by atoms with Crippen LogP contribution in [-0.2, 0) is 4.74 Å². The minimum absolute atomic E-state index is 0.110. The van der Waals surface area contributed by atoms with Crippen LogP contribution in [0.3, 0.4) is 0 Å². The average molecular weight is 581 g/mol. The molecule has 0 amide bonds. The number of esters is 1. The molecule has 1 aromatic carbocycles. The van der Waals surface area contributed by atoms with Crippen molar-refractivity contribution in [2.75, 3.05) is 0 Å². The topological polar surface area (TPSA) is 113 Å². The number of rotatable bonds is 9. The van der Waals surface area contributed by atoms with E-state index in [2.05, 4.69) is 40.7 Å². The van der Waals surface area contributed by atoms with Crippen LogP contribution < -0.4 is 0 Å². The van der Waals surface area contributed by atoms with E-state index in [9.17, 15) is 25.0 Å². The van der Waals surface area contributed by atoms with Crippen LogP contribution in [0, 0.1) is 66.6 Å². The highest BCUT2D eigenvalue weighted by Gasteiger charge is 2.59. The fourth-order valence-corrected chi connectivity index (χ4v) is 9.90. The molecule has 8 nitrogen and oxygen atoms in total. The number of nitro groups is 2.